The summed E-state index contributed by atoms with van der Waals surface area (Å²) >= 11 is 0. The lowest BCUT2D eigenvalue weighted by Crippen LogP contribution is -2.67. The van der Waals surface area contributed by atoms with E-state index in [0.29, 0.717) is 5.56 Å². The summed E-state index contributed by atoms with van der Waals surface area (Å²) in [6, 6.07) is 2.01. The van der Waals surface area contributed by atoms with Gasteiger partial charge in [-0.3, -0.25) is 10.1 Å². The van der Waals surface area contributed by atoms with Gasteiger partial charge >= 0.3 is 18.3 Å². The molecular weight excluding hydrogens is 768 g/mol. The minimum atomic E-state index is -1.63. The lowest BCUT2D eigenvalue weighted by molar-refractivity contribution is -0.384. The standard InChI is InChI=1S/C37H60N6O15/c1-20(39-8)27(45)32(52-16-15-44)55-29-24(38)17-26(42-35(49)58-37(5,6)7)30(28(29)46)56-31-25(41-34(48)57-36(2,3)4)14-13-23(54-31)18-40-33(47)53-19-21-9-11-22(12-10-21)43(50)51/h9-13,20,24-32,39,44-46H,14-19,38H2,1-8H3,(H,40,47)(H,41,48)(H,42,49)/t20-,24+,25+,26-,27+,28+,29-,30+,31+,32+/m0/s1. The van der Waals surface area contributed by atoms with Crippen LogP contribution in [0.1, 0.15) is 66.9 Å². The number of nitro groups is 1. The van der Waals surface area contributed by atoms with Crippen molar-refractivity contribution in [1.82, 2.24) is 21.3 Å². The van der Waals surface area contributed by atoms with Gasteiger partial charge < -0.3 is 75.5 Å². The van der Waals surface area contributed by atoms with E-state index < -0.39 is 95.6 Å². The molecule has 3 amide bonds. The van der Waals surface area contributed by atoms with Crippen LogP contribution in [0.5, 0.6) is 0 Å². The average molecular weight is 829 g/mol. The molecule has 1 aliphatic heterocycles. The maximum Gasteiger partial charge on any atom is 0.408 e. The fourth-order valence-corrected chi connectivity index (χ4v) is 5.84. The molecule has 1 heterocycles. The van der Waals surface area contributed by atoms with E-state index in [4.69, 9.17) is 38.9 Å². The second kappa shape index (κ2) is 21.6. The van der Waals surface area contributed by atoms with E-state index in [9.17, 15) is 39.8 Å². The van der Waals surface area contributed by atoms with Crippen LogP contribution in [-0.4, -0.2) is 138 Å². The molecule has 9 N–H and O–H groups in total. The van der Waals surface area contributed by atoms with Gasteiger partial charge in [0.15, 0.2) is 6.29 Å². The molecule has 0 spiro atoms. The Bertz CT molecular complexity index is 1540. The number of hydrogen-bond acceptors (Lipinski definition) is 17. The largest absolute Gasteiger partial charge is 0.465 e. The lowest BCUT2D eigenvalue weighted by atomic mass is 9.83. The Morgan fingerprint density at radius 3 is 2.16 bits per heavy atom. The van der Waals surface area contributed by atoms with E-state index in [-0.39, 0.29) is 50.7 Å². The van der Waals surface area contributed by atoms with Gasteiger partial charge in [0.25, 0.3) is 5.69 Å². The number of ether oxygens (including phenoxy) is 7. The predicted molar refractivity (Wildman–Crippen MR) is 205 cm³/mol. The number of aliphatic hydroxyl groups excluding tert-OH is 3. The van der Waals surface area contributed by atoms with Crippen molar-refractivity contribution in [3.05, 3.63) is 51.8 Å². The lowest BCUT2D eigenvalue weighted by Gasteiger charge is -2.46. The zero-order chi connectivity index (χ0) is 43.4. The Morgan fingerprint density at radius 2 is 1.60 bits per heavy atom. The minimum Gasteiger partial charge on any atom is -0.465 e. The topological polar surface area (TPSA) is 294 Å². The van der Waals surface area contributed by atoms with Crippen molar-refractivity contribution in [3.63, 3.8) is 0 Å². The number of rotatable bonds is 17. The van der Waals surface area contributed by atoms with Crippen molar-refractivity contribution in [2.75, 3.05) is 26.8 Å². The highest BCUT2D eigenvalue weighted by Gasteiger charge is 2.49. The fourth-order valence-electron chi connectivity index (χ4n) is 5.84. The van der Waals surface area contributed by atoms with E-state index in [1.165, 1.54) is 24.3 Å². The quantitative estimate of drug-likeness (QED) is 0.0477. The summed E-state index contributed by atoms with van der Waals surface area (Å²) in [5.74, 6) is 0.188. The summed E-state index contributed by atoms with van der Waals surface area (Å²) in [4.78, 5) is 49.0. The van der Waals surface area contributed by atoms with E-state index >= 15 is 0 Å². The van der Waals surface area contributed by atoms with Crippen LogP contribution in [0, 0.1) is 10.1 Å². The summed E-state index contributed by atoms with van der Waals surface area (Å²) in [6.45, 7) is 10.8. The number of hydrogen-bond donors (Lipinski definition) is 8. The van der Waals surface area contributed by atoms with Crippen molar-refractivity contribution in [2.45, 2.75) is 140 Å². The molecule has 0 saturated heterocycles. The monoisotopic (exact) mass is 828 g/mol. The predicted octanol–water partition coefficient (Wildman–Crippen LogP) is 1.40. The van der Waals surface area contributed by atoms with Gasteiger partial charge in [0.1, 0.15) is 48.0 Å². The van der Waals surface area contributed by atoms with Crippen LogP contribution >= 0.6 is 0 Å². The Hall–Kier alpha value is -4.35. The minimum absolute atomic E-state index is 0.0439. The van der Waals surface area contributed by atoms with Crippen LogP contribution in [0.2, 0.25) is 0 Å². The highest BCUT2D eigenvalue weighted by molar-refractivity contribution is 5.69. The number of carbonyl (C=O) groups is 3. The van der Waals surface area contributed by atoms with E-state index in [1.807, 2.05) is 0 Å². The van der Waals surface area contributed by atoms with Gasteiger partial charge in [-0.2, -0.15) is 0 Å². The first kappa shape index (κ1) is 48.0. The van der Waals surface area contributed by atoms with Gasteiger partial charge in [0, 0.05) is 24.2 Å². The number of aliphatic hydroxyl groups is 3. The fraction of sp³-hybridized carbons (Fsp3) is 0.703. The number of alkyl carbamates (subject to hydrolysis) is 3. The van der Waals surface area contributed by atoms with Crippen LogP contribution in [0.15, 0.2) is 36.1 Å². The highest BCUT2D eigenvalue weighted by Crippen LogP contribution is 2.31. The van der Waals surface area contributed by atoms with Gasteiger partial charge in [-0.15, -0.1) is 0 Å². The molecule has 1 aromatic carbocycles. The first-order chi connectivity index (χ1) is 27.1. The van der Waals surface area contributed by atoms with Crippen LogP contribution in [-0.2, 0) is 39.8 Å². The maximum atomic E-state index is 13.1. The van der Waals surface area contributed by atoms with Gasteiger partial charge in [0.05, 0.1) is 36.8 Å². The zero-order valence-electron chi connectivity index (χ0n) is 34.2. The average Bonchev–Trinajstić information content (AvgIpc) is 3.13. The maximum absolute atomic E-state index is 13.1. The Labute approximate surface area is 337 Å². The Kier molecular flexibility index (Phi) is 17.9. The molecule has 0 radical (unpaired) electrons. The zero-order valence-corrected chi connectivity index (χ0v) is 34.2. The third kappa shape index (κ3) is 15.4. The molecule has 10 atom stereocenters. The molecule has 58 heavy (non-hydrogen) atoms. The molecule has 21 nitrogen and oxygen atoms in total. The van der Waals surface area contributed by atoms with Crippen molar-refractivity contribution in [2.24, 2.45) is 5.73 Å². The second-order valence-corrected chi connectivity index (χ2v) is 15.9. The Balaban J connectivity index is 1.88. The SMILES string of the molecule is CN[C@@H](C)[C@@H](O)[C@H](OCCO)O[C@@H]1[C@@H](O)[C@H](O[C@H]2OC(CNC(=O)OCc3ccc([N+](=O)[O-])cc3)=CC[C@H]2NC(=O)OC(C)(C)C)[C@@H](NC(=O)OC(C)(C)C)C[C@H]1N. The summed E-state index contributed by atoms with van der Waals surface area (Å²) in [5.41, 5.74) is 5.19. The van der Waals surface area contributed by atoms with Crippen LogP contribution in [0.4, 0.5) is 20.1 Å². The third-order valence-corrected chi connectivity index (χ3v) is 8.74. The number of nitro benzene ring substituents is 1. The van der Waals surface area contributed by atoms with Gasteiger partial charge in [0.2, 0.25) is 6.29 Å². The summed E-state index contributed by atoms with van der Waals surface area (Å²) in [5, 5.41) is 54.2. The number of amides is 3. The Morgan fingerprint density at radius 1 is 1.00 bits per heavy atom. The molecule has 0 unspecified atom stereocenters. The number of nitrogens with two attached hydrogens (primary N) is 1. The van der Waals surface area contributed by atoms with Crippen LogP contribution < -0.4 is 27.0 Å². The molecule has 1 aliphatic carbocycles. The van der Waals surface area contributed by atoms with Crippen LogP contribution in [0.25, 0.3) is 0 Å². The molecule has 0 bridgehead atoms. The first-order valence-corrected chi connectivity index (χ1v) is 18.9. The molecule has 328 valence electrons. The highest BCUT2D eigenvalue weighted by atomic mass is 16.7. The summed E-state index contributed by atoms with van der Waals surface area (Å²) in [6.07, 6.45) is -9.11. The van der Waals surface area contributed by atoms with Crippen molar-refractivity contribution in [3.8, 4) is 0 Å². The number of non-ortho nitro benzene ring substituents is 1. The van der Waals surface area contributed by atoms with Crippen molar-refractivity contribution in [1.29, 1.82) is 0 Å². The number of nitrogens with one attached hydrogen (secondary N) is 4. The number of carbonyl (C=O) groups excluding carboxylic acids is 3. The van der Waals surface area contributed by atoms with E-state index in [2.05, 4.69) is 21.3 Å². The molecule has 2 aliphatic rings. The van der Waals surface area contributed by atoms with Crippen molar-refractivity contribution >= 4 is 24.0 Å². The molecule has 0 aromatic heterocycles. The van der Waals surface area contributed by atoms with Gasteiger partial charge in [-0.1, -0.05) is 0 Å². The van der Waals surface area contributed by atoms with E-state index in [0.717, 1.165) is 0 Å². The van der Waals surface area contributed by atoms with E-state index in [1.54, 1.807) is 61.6 Å². The number of benzene rings is 1. The number of nitrogens with zero attached hydrogens (tertiary/aromatic N) is 1. The van der Waals surface area contributed by atoms with Gasteiger partial charge in [-0.05, 0) is 92.1 Å². The second-order valence-electron chi connectivity index (χ2n) is 15.9. The summed E-state index contributed by atoms with van der Waals surface area (Å²) in [7, 11) is 1.62. The first-order valence-electron chi connectivity index (χ1n) is 18.9. The number of likely N-dealkylation sites (N-methyl/N-ethyl adjacent to an activating group) is 1. The molecule has 1 aromatic rings. The van der Waals surface area contributed by atoms with Crippen molar-refractivity contribution < 1.29 is 67.8 Å². The summed E-state index contributed by atoms with van der Waals surface area (Å²) < 4.78 is 40.5. The van der Waals surface area contributed by atoms with Gasteiger partial charge in [-0.25, -0.2) is 14.4 Å². The molecule has 1 fully saturated rings. The molecule has 1 saturated carbocycles. The molecule has 3 rings (SSSR count). The van der Waals surface area contributed by atoms with Crippen LogP contribution in [0.3, 0.4) is 0 Å². The smallest absolute Gasteiger partial charge is 0.408 e. The normalized spacial score (nSPS) is 25.2. The molecular formula is C37H60N6O15. The third-order valence-electron chi connectivity index (χ3n) is 8.74. The molecule has 21 heteroatoms.